The van der Waals surface area contributed by atoms with Gasteiger partial charge in [-0.2, -0.15) is 0 Å². The van der Waals surface area contributed by atoms with E-state index in [9.17, 15) is 8.42 Å². The van der Waals surface area contributed by atoms with Gasteiger partial charge in [0.2, 0.25) is 5.75 Å². The molecule has 1 aromatic rings. The highest BCUT2D eigenvalue weighted by Crippen LogP contribution is 2.38. The summed E-state index contributed by atoms with van der Waals surface area (Å²) in [6.07, 6.45) is 1.18. The second kappa shape index (κ2) is 13.7. The number of sulfone groups is 1. The van der Waals surface area contributed by atoms with E-state index in [4.69, 9.17) is 18.9 Å². The van der Waals surface area contributed by atoms with Crippen LogP contribution in [0.25, 0.3) is 0 Å². The van der Waals surface area contributed by atoms with Crippen molar-refractivity contribution in [2.45, 2.75) is 6.54 Å². The molecule has 11 heteroatoms. The average molecular weight is 531 g/mol. The maximum Gasteiger partial charge on any atom is 0.203 e. The first-order chi connectivity index (χ1) is 12.8. The van der Waals surface area contributed by atoms with E-state index in [-0.39, 0.29) is 36.3 Å². The van der Waals surface area contributed by atoms with Crippen LogP contribution in [0.3, 0.4) is 0 Å². The van der Waals surface area contributed by atoms with Gasteiger partial charge in [0, 0.05) is 26.4 Å². The number of methoxy groups -OCH3 is 3. The molecule has 0 bridgehead atoms. The normalized spacial score (nSPS) is 11.4. The molecule has 9 nitrogen and oxygen atoms in total. The van der Waals surface area contributed by atoms with Crippen LogP contribution >= 0.6 is 24.0 Å². The molecular weight excluding hydrogens is 501 g/mol. The maximum absolute atomic E-state index is 11.0. The molecule has 1 aromatic carbocycles. The van der Waals surface area contributed by atoms with Crippen molar-refractivity contribution in [3.8, 4) is 17.2 Å². The van der Waals surface area contributed by atoms with Crippen LogP contribution in [0.2, 0.25) is 0 Å². The maximum atomic E-state index is 11.0. The molecule has 0 spiro atoms. The summed E-state index contributed by atoms with van der Waals surface area (Å²) in [5.41, 5.74) is 0.928. The molecule has 0 saturated heterocycles. The number of ether oxygens (including phenoxy) is 4. The summed E-state index contributed by atoms with van der Waals surface area (Å²) in [6, 6.07) is 3.71. The van der Waals surface area contributed by atoms with Crippen molar-refractivity contribution < 1.29 is 27.4 Å². The Morgan fingerprint density at radius 3 is 2.11 bits per heavy atom. The van der Waals surface area contributed by atoms with Crippen molar-refractivity contribution in [3.05, 3.63) is 17.7 Å². The van der Waals surface area contributed by atoms with Crippen LogP contribution in [0, 0.1) is 0 Å². The first-order valence-electron chi connectivity index (χ1n) is 8.33. The standard InChI is InChI=1S/C17H29N3O6S.HI/c1-18-17(19-6-7-26-8-9-27(5,21)22)20-12-13-10-14(23-2)16(25-4)15(11-13)24-3;/h10-11H,6-9,12H2,1-5H3,(H2,18,19,20);1H. The molecule has 0 saturated carbocycles. The molecule has 0 aliphatic heterocycles. The van der Waals surface area contributed by atoms with E-state index >= 15 is 0 Å². The van der Waals surface area contributed by atoms with Gasteiger partial charge >= 0.3 is 0 Å². The average Bonchev–Trinajstić information content (AvgIpc) is 2.64. The lowest BCUT2D eigenvalue weighted by molar-refractivity contribution is 0.154. The fourth-order valence-electron chi connectivity index (χ4n) is 2.20. The van der Waals surface area contributed by atoms with Crippen LogP contribution in [-0.2, 0) is 21.1 Å². The van der Waals surface area contributed by atoms with Crippen molar-refractivity contribution in [1.82, 2.24) is 10.6 Å². The third kappa shape index (κ3) is 9.64. The lowest BCUT2D eigenvalue weighted by Gasteiger charge is -2.16. The van der Waals surface area contributed by atoms with E-state index in [2.05, 4.69) is 15.6 Å². The molecule has 0 atom stereocenters. The van der Waals surface area contributed by atoms with E-state index in [1.165, 1.54) is 6.26 Å². The lowest BCUT2D eigenvalue weighted by Crippen LogP contribution is -2.38. The molecule has 0 aliphatic carbocycles. The fourth-order valence-corrected chi connectivity index (χ4v) is 2.62. The molecule has 162 valence electrons. The van der Waals surface area contributed by atoms with Crippen LogP contribution in [0.5, 0.6) is 17.2 Å². The Bertz CT molecular complexity index is 703. The Morgan fingerprint density at radius 1 is 1.04 bits per heavy atom. The Hall–Kier alpha value is -1.47. The summed E-state index contributed by atoms with van der Waals surface area (Å²) < 4.78 is 43.3. The summed E-state index contributed by atoms with van der Waals surface area (Å²) in [5.74, 6) is 2.31. The second-order valence-electron chi connectivity index (χ2n) is 5.63. The van der Waals surface area contributed by atoms with Crippen LogP contribution in [0.4, 0.5) is 0 Å². The van der Waals surface area contributed by atoms with Crippen molar-refractivity contribution >= 4 is 39.8 Å². The zero-order valence-corrected chi connectivity index (χ0v) is 20.1. The van der Waals surface area contributed by atoms with Gasteiger partial charge in [0.25, 0.3) is 0 Å². The zero-order valence-electron chi connectivity index (χ0n) is 16.9. The minimum absolute atomic E-state index is 0. The number of aliphatic imine (C=N–C) groups is 1. The van der Waals surface area contributed by atoms with Crippen molar-refractivity contribution in [3.63, 3.8) is 0 Å². The van der Waals surface area contributed by atoms with Crippen molar-refractivity contribution in [2.24, 2.45) is 4.99 Å². The van der Waals surface area contributed by atoms with Gasteiger partial charge in [-0.1, -0.05) is 0 Å². The second-order valence-corrected chi connectivity index (χ2v) is 7.89. The first-order valence-corrected chi connectivity index (χ1v) is 10.4. The predicted molar refractivity (Wildman–Crippen MR) is 120 cm³/mol. The van der Waals surface area contributed by atoms with Gasteiger partial charge in [0.05, 0.1) is 40.3 Å². The summed E-state index contributed by atoms with van der Waals surface area (Å²) in [7, 11) is 3.36. The Morgan fingerprint density at radius 2 is 1.64 bits per heavy atom. The van der Waals surface area contributed by atoms with Crippen LogP contribution in [0.1, 0.15) is 5.56 Å². The van der Waals surface area contributed by atoms with Gasteiger partial charge in [-0.3, -0.25) is 4.99 Å². The summed E-state index contributed by atoms with van der Waals surface area (Å²) in [5, 5.41) is 6.27. The number of benzene rings is 1. The highest BCUT2D eigenvalue weighted by molar-refractivity contribution is 14.0. The van der Waals surface area contributed by atoms with Crippen LogP contribution < -0.4 is 24.8 Å². The molecule has 0 radical (unpaired) electrons. The number of guanidine groups is 1. The van der Waals surface area contributed by atoms with Crippen LogP contribution in [-0.4, -0.2) is 74.5 Å². The lowest BCUT2D eigenvalue weighted by atomic mass is 10.2. The molecule has 0 amide bonds. The summed E-state index contributed by atoms with van der Waals surface area (Å²) in [4.78, 5) is 4.13. The number of hydrogen-bond donors (Lipinski definition) is 2. The Kier molecular flexibility index (Phi) is 12.9. The number of halogens is 1. The molecule has 2 N–H and O–H groups in total. The van der Waals surface area contributed by atoms with E-state index in [0.717, 1.165) is 5.56 Å². The van der Waals surface area contributed by atoms with E-state index < -0.39 is 9.84 Å². The number of rotatable bonds is 11. The van der Waals surface area contributed by atoms with Gasteiger partial charge in [0.15, 0.2) is 17.5 Å². The Labute approximate surface area is 184 Å². The quantitative estimate of drug-likeness (QED) is 0.189. The third-order valence-electron chi connectivity index (χ3n) is 3.55. The topological polar surface area (TPSA) is 107 Å². The van der Waals surface area contributed by atoms with Gasteiger partial charge in [-0.15, -0.1) is 24.0 Å². The minimum Gasteiger partial charge on any atom is -0.493 e. The number of nitrogens with zero attached hydrogens (tertiary/aromatic N) is 1. The zero-order chi connectivity index (χ0) is 20.3. The van der Waals surface area contributed by atoms with E-state index in [1.807, 2.05) is 12.1 Å². The Balaban J connectivity index is 0.00000729. The van der Waals surface area contributed by atoms with Crippen molar-refractivity contribution in [2.75, 3.05) is 60.1 Å². The van der Waals surface area contributed by atoms with Gasteiger partial charge in [-0.25, -0.2) is 8.42 Å². The number of hydrogen-bond acceptors (Lipinski definition) is 7. The largest absolute Gasteiger partial charge is 0.493 e. The van der Waals surface area contributed by atoms with Crippen molar-refractivity contribution in [1.29, 1.82) is 0 Å². The summed E-state index contributed by atoms with van der Waals surface area (Å²) >= 11 is 0. The van der Waals surface area contributed by atoms with E-state index in [1.54, 1.807) is 28.4 Å². The van der Waals surface area contributed by atoms with Crippen LogP contribution in [0.15, 0.2) is 17.1 Å². The molecule has 0 aromatic heterocycles. The number of nitrogens with one attached hydrogen (secondary N) is 2. The minimum atomic E-state index is -3.00. The fraction of sp³-hybridized carbons (Fsp3) is 0.588. The predicted octanol–water partition coefficient (Wildman–Crippen LogP) is 1.06. The molecule has 0 fully saturated rings. The first kappa shape index (κ1) is 26.5. The third-order valence-corrected chi connectivity index (χ3v) is 4.45. The molecule has 0 unspecified atom stereocenters. The molecule has 0 heterocycles. The SMILES string of the molecule is CN=C(NCCOCCS(C)(=O)=O)NCc1cc(OC)c(OC)c(OC)c1.I. The molecule has 28 heavy (non-hydrogen) atoms. The smallest absolute Gasteiger partial charge is 0.203 e. The molecule has 1 rings (SSSR count). The van der Waals surface area contributed by atoms with Gasteiger partial charge < -0.3 is 29.6 Å². The van der Waals surface area contributed by atoms with Gasteiger partial charge in [0.1, 0.15) is 9.84 Å². The monoisotopic (exact) mass is 531 g/mol. The molecular formula is C17H30IN3O6S. The van der Waals surface area contributed by atoms with E-state index in [0.29, 0.717) is 42.9 Å². The summed E-state index contributed by atoms with van der Waals surface area (Å²) in [6.45, 7) is 1.54. The highest BCUT2D eigenvalue weighted by atomic mass is 127. The highest BCUT2D eigenvalue weighted by Gasteiger charge is 2.13. The van der Waals surface area contributed by atoms with Gasteiger partial charge in [-0.05, 0) is 17.7 Å². The molecule has 0 aliphatic rings.